The van der Waals surface area contributed by atoms with Crippen molar-refractivity contribution in [1.29, 1.82) is 0 Å². The smallest absolute Gasteiger partial charge is 0.0897 e. The zero-order chi connectivity index (χ0) is 11.2. The molecule has 0 spiro atoms. The number of pyridine rings is 1. The van der Waals surface area contributed by atoms with Gasteiger partial charge in [0.05, 0.1) is 11.2 Å². The minimum absolute atomic E-state index is 0.109. The average Bonchev–Trinajstić information content (AvgIpc) is 2.90. The monoisotopic (exact) mass is 216 g/mol. The highest BCUT2D eigenvalue weighted by atomic mass is 15.4. The van der Waals surface area contributed by atoms with Crippen LogP contribution in [0, 0.1) is 6.92 Å². The highest BCUT2D eigenvalue weighted by Gasteiger charge is 2.37. The molecule has 2 N–H and O–H groups in total. The van der Waals surface area contributed by atoms with Crippen molar-refractivity contribution in [2.24, 2.45) is 5.73 Å². The predicted molar refractivity (Wildman–Crippen MR) is 62.2 cm³/mol. The van der Waals surface area contributed by atoms with Crippen molar-refractivity contribution in [3.8, 4) is 0 Å². The number of hydrogen-bond donors (Lipinski definition) is 1. The van der Waals surface area contributed by atoms with Gasteiger partial charge in [0.15, 0.2) is 0 Å². The summed E-state index contributed by atoms with van der Waals surface area (Å²) < 4.78 is 1.93. The maximum Gasteiger partial charge on any atom is 0.0897 e. The second-order valence-electron chi connectivity index (χ2n) is 4.85. The third-order valence-corrected chi connectivity index (χ3v) is 3.47. The molecule has 0 saturated heterocycles. The van der Waals surface area contributed by atoms with Crippen molar-refractivity contribution in [1.82, 2.24) is 14.8 Å². The van der Waals surface area contributed by atoms with Crippen LogP contribution in [-0.4, -0.2) is 20.4 Å². The highest BCUT2D eigenvalue weighted by Crippen LogP contribution is 2.36. The van der Waals surface area contributed by atoms with Crippen LogP contribution in [-0.2, 0) is 6.42 Å². The molecule has 0 unspecified atom stereocenters. The third kappa shape index (κ3) is 1.59. The summed E-state index contributed by atoms with van der Waals surface area (Å²) in [5, 5.41) is 8.26. The van der Waals surface area contributed by atoms with Gasteiger partial charge in [0.1, 0.15) is 0 Å². The lowest BCUT2D eigenvalue weighted by atomic mass is 10.1. The lowest BCUT2D eigenvalue weighted by molar-refractivity contribution is 0.594. The molecule has 16 heavy (non-hydrogen) atoms. The topological polar surface area (TPSA) is 56.2 Å². The Morgan fingerprint density at radius 3 is 3.00 bits per heavy atom. The Morgan fingerprint density at radius 1 is 1.44 bits per heavy atom. The van der Waals surface area contributed by atoms with Crippen LogP contribution in [0.25, 0.3) is 5.52 Å². The molecule has 0 radical (unpaired) electrons. The first-order valence-electron chi connectivity index (χ1n) is 5.77. The normalized spacial score (nSPS) is 17.9. The largest absolute Gasteiger partial charge is 0.325 e. The summed E-state index contributed by atoms with van der Waals surface area (Å²) in [6, 6.07) is 6.22. The van der Waals surface area contributed by atoms with E-state index in [0.717, 1.165) is 24.1 Å². The van der Waals surface area contributed by atoms with Crippen LogP contribution in [0.4, 0.5) is 0 Å². The fourth-order valence-electron chi connectivity index (χ4n) is 2.07. The summed E-state index contributed by atoms with van der Waals surface area (Å²) >= 11 is 0. The summed E-state index contributed by atoms with van der Waals surface area (Å²) in [6.07, 6.45) is 4.36. The molecule has 0 amide bonds. The number of nitrogens with zero attached hydrogens (tertiary/aromatic N) is 3. The molecule has 0 atom stereocenters. The molecule has 1 saturated carbocycles. The Bertz CT molecular complexity index is 525. The van der Waals surface area contributed by atoms with Gasteiger partial charge in [0, 0.05) is 11.2 Å². The van der Waals surface area contributed by atoms with Gasteiger partial charge in [-0.3, -0.25) is 0 Å². The number of aryl methyl sites for hydroxylation is 2. The van der Waals surface area contributed by atoms with Gasteiger partial charge >= 0.3 is 0 Å². The van der Waals surface area contributed by atoms with Crippen LogP contribution in [0.15, 0.2) is 18.2 Å². The third-order valence-electron chi connectivity index (χ3n) is 3.47. The minimum atomic E-state index is 0.109. The molecule has 1 aliphatic rings. The first kappa shape index (κ1) is 9.78. The first-order valence-corrected chi connectivity index (χ1v) is 5.77. The van der Waals surface area contributed by atoms with E-state index in [1.807, 2.05) is 17.5 Å². The number of aromatic nitrogens is 3. The molecule has 4 nitrogen and oxygen atoms in total. The lowest BCUT2D eigenvalue weighted by Crippen LogP contribution is -2.22. The van der Waals surface area contributed by atoms with Crippen LogP contribution in [0.2, 0.25) is 0 Å². The minimum Gasteiger partial charge on any atom is -0.325 e. The van der Waals surface area contributed by atoms with Gasteiger partial charge < -0.3 is 5.73 Å². The predicted octanol–water partition coefficient (Wildman–Crippen LogP) is 1.46. The van der Waals surface area contributed by atoms with Crippen molar-refractivity contribution in [3.63, 3.8) is 0 Å². The van der Waals surface area contributed by atoms with E-state index in [4.69, 9.17) is 5.73 Å². The van der Waals surface area contributed by atoms with Crippen LogP contribution in [0.5, 0.6) is 0 Å². The van der Waals surface area contributed by atoms with Crippen LogP contribution < -0.4 is 5.73 Å². The summed E-state index contributed by atoms with van der Waals surface area (Å²) in [6.45, 7) is 1.98. The van der Waals surface area contributed by atoms with Crippen molar-refractivity contribution < 1.29 is 0 Å². The molecule has 0 bridgehead atoms. The molecule has 2 aromatic rings. The second-order valence-corrected chi connectivity index (χ2v) is 4.85. The Hall–Kier alpha value is -1.42. The van der Waals surface area contributed by atoms with Crippen LogP contribution in [0.3, 0.4) is 0 Å². The van der Waals surface area contributed by atoms with E-state index >= 15 is 0 Å². The van der Waals surface area contributed by atoms with Crippen molar-refractivity contribution in [2.45, 2.75) is 38.1 Å². The molecule has 84 valence electrons. The standard InChI is InChI=1S/C12H16N4/c1-9-11-4-2-3-10(16(11)15-14-9)5-6-12(13)7-8-12/h2-4H,5-8,13H2,1H3. The molecular weight excluding hydrogens is 200 g/mol. The number of fused-ring (bicyclic) bond motifs is 1. The van der Waals surface area contributed by atoms with Gasteiger partial charge in [-0.25, -0.2) is 4.52 Å². The molecule has 0 aromatic carbocycles. The molecule has 0 aliphatic heterocycles. The Balaban J connectivity index is 1.90. The van der Waals surface area contributed by atoms with Crippen molar-refractivity contribution in [3.05, 3.63) is 29.6 Å². The maximum atomic E-state index is 6.10. The molecular formula is C12H16N4. The Morgan fingerprint density at radius 2 is 2.25 bits per heavy atom. The summed E-state index contributed by atoms with van der Waals surface area (Å²) in [4.78, 5) is 0. The Kier molecular flexibility index (Phi) is 2.01. The summed E-state index contributed by atoms with van der Waals surface area (Å²) in [7, 11) is 0. The number of hydrogen-bond acceptors (Lipinski definition) is 3. The summed E-state index contributed by atoms with van der Waals surface area (Å²) in [5.41, 5.74) is 9.49. The second kappa shape index (κ2) is 3.28. The van der Waals surface area contributed by atoms with Gasteiger partial charge in [-0.2, -0.15) is 0 Å². The summed E-state index contributed by atoms with van der Waals surface area (Å²) in [5.74, 6) is 0. The van der Waals surface area contributed by atoms with E-state index in [1.165, 1.54) is 18.5 Å². The zero-order valence-electron chi connectivity index (χ0n) is 9.48. The van der Waals surface area contributed by atoms with Gasteiger partial charge in [0.25, 0.3) is 0 Å². The molecule has 3 rings (SSSR count). The maximum absolute atomic E-state index is 6.10. The van der Waals surface area contributed by atoms with E-state index < -0.39 is 0 Å². The zero-order valence-corrected chi connectivity index (χ0v) is 9.48. The fraction of sp³-hybridized carbons (Fsp3) is 0.500. The molecule has 1 aliphatic carbocycles. The van der Waals surface area contributed by atoms with E-state index in [9.17, 15) is 0 Å². The quantitative estimate of drug-likeness (QED) is 0.845. The van der Waals surface area contributed by atoms with E-state index in [2.05, 4.69) is 22.4 Å². The van der Waals surface area contributed by atoms with Crippen LogP contribution in [0.1, 0.15) is 30.7 Å². The Labute approximate surface area is 94.4 Å². The first-order chi connectivity index (χ1) is 7.68. The van der Waals surface area contributed by atoms with E-state index in [-0.39, 0.29) is 5.54 Å². The fourth-order valence-corrected chi connectivity index (χ4v) is 2.07. The van der Waals surface area contributed by atoms with Gasteiger partial charge in [-0.1, -0.05) is 11.3 Å². The molecule has 2 heterocycles. The molecule has 2 aromatic heterocycles. The van der Waals surface area contributed by atoms with E-state index in [0.29, 0.717) is 0 Å². The van der Waals surface area contributed by atoms with Crippen LogP contribution >= 0.6 is 0 Å². The number of nitrogens with two attached hydrogens (primary N) is 1. The van der Waals surface area contributed by atoms with Gasteiger partial charge in [-0.05, 0) is 44.7 Å². The van der Waals surface area contributed by atoms with Gasteiger partial charge in [0.2, 0.25) is 0 Å². The highest BCUT2D eigenvalue weighted by molar-refractivity contribution is 5.50. The SMILES string of the molecule is Cc1nnn2c(CCC3(N)CC3)cccc12. The van der Waals surface area contributed by atoms with Gasteiger partial charge in [-0.15, -0.1) is 5.10 Å². The van der Waals surface area contributed by atoms with E-state index in [1.54, 1.807) is 0 Å². The van der Waals surface area contributed by atoms with Crippen molar-refractivity contribution in [2.75, 3.05) is 0 Å². The van der Waals surface area contributed by atoms with Crippen molar-refractivity contribution >= 4 is 5.52 Å². The average molecular weight is 216 g/mol. The molecule has 4 heteroatoms. The molecule has 1 fully saturated rings. The number of rotatable bonds is 3. The lowest BCUT2D eigenvalue weighted by Gasteiger charge is -2.08.